The lowest BCUT2D eigenvalue weighted by Gasteiger charge is -2.27. The summed E-state index contributed by atoms with van der Waals surface area (Å²) < 4.78 is 0. The van der Waals surface area contributed by atoms with Crippen LogP contribution in [0.25, 0.3) is 0 Å². The Kier molecular flexibility index (Phi) is 3.17. The summed E-state index contributed by atoms with van der Waals surface area (Å²) in [5.74, 6) is -0.563. The molecular formula is C13H15ClN2O2. The fraction of sp³-hybridized carbons (Fsp3) is 0.385. The second kappa shape index (κ2) is 4.37. The molecule has 0 spiro atoms. The van der Waals surface area contributed by atoms with Crippen LogP contribution in [0.15, 0.2) is 18.2 Å². The highest BCUT2D eigenvalue weighted by molar-refractivity contribution is 6.32. The molecule has 0 fully saturated rings. The van der Waals surface area contributed by atoms with E-state index in [9.17, 15) is 9.59 Å². The molecule has 2 N–H and O–H groups in total. The number of hydrogen-bond donors (Lipinski definition) is 1. The van der Waals surface area contributed by atoms with Gasteiger partial charge in [0, 0.05) is 11.6 Å². The average molecular weight is 267 g/mol. The van der Waals surface area contributed by atoms with Crippen molar-refractivity contribution in [2.24, 2.45) is 11.1 Å². The number of imide groups is 1. The third kappa shape index (κ3) is 2.13. The lowest BCUT2D eigenvalue weighted by molar-refractivity contribution is 0.0595. The molecule has 1 aliphatic rings. The Balaban J connectivity index is 2.34. The van der Waals surface area contributed by atoms with Gasteiger partial charge in [-0.25, -0.2) is 0 Å². The zero-order valence-corrected chi connectivity index (χ0v) is 11.1. The molecule has 96 valence electrons. The van der Waals surface area contributed by atoms with Gasteiger partial charge in [0.2, 0.25) is 0 Å². The summed E-state index contributed by atoms with van der Waals surface area (Å²) in [6.45, 7) is 4.56. The first kappa shape index (κ1) is 13.1. The van der Waals surface area contributed by atoms with E-state index < -0.39 is 0 Å². The molecular weight excluding hydrogens is 252 g/mol. The molecule has 0 saturated heterocycles. The average Bonchev–Trinajstić information content (AvgIpc) is 2.54. The van der Waals surface area contributed by atoms with Crippen LogP contribution in [0.3, 0.4) is 0 Å². The maximum atomic E-state index is 12.2. The van der Waals surface area contributed by atoms with E-state index in [2.05, 4.69) is 0 Å². The van der Waals surface area contributed by atoms with Gasteiger partial charge in [-0.15, -0.1) is 0 Å². The van der Waals surface area contributed by atoms with Crippen LogP contribution in [0.5, 0.6) is 0 Å². The van der Waals surface area contributed by atoms with Gasteiger partial charge in [0.05, 0.1) is 11.1 Å². The highest BCUT2D eigenvalue weighted by Gasteiger charge is 2.38. The normalized spacial score (nSPS) is 15.2. The first-order chi connectivity index (χ1) is 8.35. The second-order valence-corrected chi connectivity index (χ2v) is 5.69. The Hall–Kier alpha value is -1.39. The summed E-state index contributed by atoms with van der Waals surface area (Å²) in [5, 5.41) is 0.454. The van der Waals surface area contributed by atoms with Gasteiger partial charge in [-0.1, -0.05) is 25.4 Å². The van der Waals surface area contributed by atoms with E-state index in [-0.39, 0.29) is 17.2 Å². The minimum atomic E-state index is -0.294. The Morgan fingerprint density at radius 2 is 1.83 bits per heavy atom. The van der Waals surface area contributed by atoms with E-state index in [1.54, 1.807) is 12.1 Å². The maximum Gasteiger partial charge on any atom is 0.261 e. The lowest BCUT2D eigenvalue weighted by Crippen LogP contribution is -2.41. The molecule has 2 rings (SSSR count). The Labute approximate surface area is 111 Å². The molecule has 1 aromatic carbocycles. The van der Waals surface area contributed by atoms with Crippen LogP contribution < -0.4 is 5.73 Å². The Bertz CT molecular complexity index is 526. The number of halogens is 1. The quantitative estimate of drug-likeness (QED) is 0.850. The fourth-order valence-corrected chi connectivity index (χ4v) is 2.07. The number of nitrogens with two attached hydrogens (primary N) is 1. The number of hydrogen-bond acceptors (Lipinski definition) is 3. The molecule has 2 amide bonds. The van der Waals surface area contributed by atoms with Crippen LogP contribution >= 0.6 is 11.6 Å². The van der Waals surface area contributed by atoms with Crippen LogP contribution in [-0.4, -0.2) is 29.8 Å². The molecule has 0 atom stereocenters. The van der Waals surface area contributed by atoms with E-state index in [0.29, 0.717) is 29.2 Å². The van der Waals surface area contributed by atoms with E-state index in [1.165, 1.54) is 11.0 Å². The number of carbonyl (C=O) groups excluding carboxylic acids is 2. The largest absolute Gasteiger partial charge is 0.330 e. The molecule has 0 aliphatic carbocycles. The SMILES string of the molecule is CC(C)(CN)CN1C(=O)c2ccc(Cl)cc2C1=O. The zero-order valence-electron chi connectivity index (χ0n) is 10.4. The molecule has 4 nitrogen and oxygen atoms in total. The van der Waals surface area contributed by atoms with Crippen LogP contribution in [0.2, 0.25) is 5.02 Å². The summed E-state index contributed by atoms with van der Waals surface area (Å²) in [7, 11) is 0. The van der Waals surface area contributed by atoms with Crippen molar-refractivity contribution in [1.29, 1.82) is 0 Å². The molecule has 0 bridgehead atoms. The van der Waals surface area contributed by atoms with E-state index >= 15 is 0 Å². The summed E-state index contributed by atoms with van der Waals surface area (Å²) in [4.78, 5) is 25.5. The molecule has 0 radical (unpaired) electrons. The number of fused-ring (bicyclic) bond motifs is 1. The number of amides is 2. The fourth-order valence-electron chi connectivity index (χ4n) is 1.90. The van der Waals surface area contributed by atoms with Gasteiger partial charge in [0.15, 0.2) is 0 Å². The number of benzene rings is 1. The van der Waals surface area contributed by atoms with Crippen molar-refractivity contribution in [2.45, 2.75) is 13.8 Å². The minimum absolute atomic E-state index is 0.270. The van der Waals surface area contributed by atoms with Crippen LogP contribution in [0, 0.1) is 5.41 Å². The topological polar surface area (TPSA) is 63.4 Å². The van der Waals surface area contributed by atoms with E-state index in [0.717, 1.165) is 0 Å². The van der Waals surface area contributed by atoms with Gasteiger partial charge in [-0.2, -0.15) is 0 Å². The third-order valence-corrected chi connectivity index (χ3v) is 3.31. The number of rotatable bonds is 3. The number of nitrogens with zero attached hydrogens (tertiary/aromatic N) is 1. The predicted molar refractivity (Wildman–Crippen MR) is 69.7 cm³/mol. The Morgan fingerprint density at radius 3 is 2.44 bits per heavy atom. The van der Waals surface area contributed by atoms with Crippen molar-refractivity contribution >= 4 is 23.4 Å². The zero-order chi connectivity index (χ0) is 13.5. The summed E-state index contributed by atoms with van der Waals surface area (Å²) in [6, 6.07) is 4.74. The highest BCUT2D eigenvalue weighted by Crippen LogP contribution is 2.28. The van der Waals surface area contributed by atoms with Crippen molar-refractivity contribution in [3.05, 3.63) is 34.3 Å². The first-order valence-corrected chi connectivity index (χ1v) is 6.09. The van der Waals surface area contributed by atoms with Crippen LogP contribution in [0.1, 0.15) is 34.6 Å². The van der Waals surface area contributed by atoms with Crippen molar-refractivity contribution in [2.75, 3.05) is 13.1 Å². The third-order valence-electron chi connectivity index (χ3n) is 3.07. The molecule has 0 aromatic heterocycles. The maximum absolute atomic E-state index is 12.2. The van der Waals surface area contributed by atoms with Gasteiger partial charge in [0.1, 0.15) is 0 Å². The van der Waals surface area contributed by atoms with Gasteiger partial charge < -0.3 is 5.73 Å². The van der Waals surface area contributed by atoms with Crippen molar-refractivity contribution in [3.63, 3.8) is 0 Å². The molecule has 0 saturated carbocycles. The number of carbonyl (C=O) groups is 2. The summed E-state index contributed by atoms with van der Waals surface area (Å²) in [6.07, 6.45) is 0. The van der Waals surface area contributed by atoms with Gasteiger partial charge >= 0.3 is 0 Å². The van der Waals surface area contributed by atoms with Crippen molar-refractivity contribution < 1.29 is 9.59 Å². The molecule has 18 heavy (non-hydrogen) atoms. The van der Waals surface area contributed by atoms with Crippen molar-refractivity contribution in [3.8, 4) is 0 Å². The predicted octanol–water partition coefficient (Wildman–Crippen LogP) is 1.92. The second-order valence-electron chi connectivity index (χ2n) is 5.25. The molecule has 1 heterocycles. The molecule has 1 aliphatic heterocycles. The minimum Gasteiger partial charge on any atom is -0.330 e. The summed E-state index contributed by atoms with van der Waals surface area (Å²) >= 11 is 5.84. The monoisotopic (exact) mass is 266 g/mol. The molecule has 0 unspecified atom stereocenters. The lowest BCUT2D eigenvalue weighted by atomic mass is 9.93. The van der Waals surface area contributed by atoms with Gasteiger partial charge in [0.25, 0.3) is 11.8 Å². The van der Waals surface area contributed by atoms with Crippen LogP contribution in [-0.2, 0) is 0 Å². The first-order valence-electron chi connectivity index (χ1n) is 5.71. The van der Waals surface area contributed by atoms with Crippen LogP contribution in [0.4, 0.5) is 0 Å². The summed E-state index contributed by atoms with van der Waals surface area (Å²) in [5.41, 5.74) is 6.13. The Morgan fingerprint density at radius 1 is 1.22 bits per heavy atom. The smallest absolute Gasteiger partial charge is 0.261 e. The molecule has 5 heteroatoms. The highest BCUT2D eigenvalue weighted by atomic mass is 35.5. The molecule has 1 aromatic rings. The van der Waals surface area contributed by atoms with E-state index in [4.69, 9.17) is 17.3 Å². The van der Waals surface area contributed by atoms with Crippen molar-refractivity contribution in [1.82, 2.24) is 4.90 Å². The van der Waals surface area contributed by atoms with E-state index in [1.807, 2.05) is 13.8 Å². The van der Waals surface area contributed by atoms with Gasteiger partial charge in [-0.05, 0) is 30.2 Å². The van der Waals surface area contributed by atoms with Gasteiger partial charge in [-0.3, -0.25) is 14.5 Å². The standard InChI is InChI=1S/C13H15ClN2O2/c1-13(2,6-15)7-16-11(17)9-4-3-8(14)5-10(9)12(16)18/h3-5H,6-7,15H2,1-2H3.